The van der Waals surface area contributed by atoms with Gasteiger partial charge < -0.3 is 4.42 Å². The summed E-state index contributed by atoms with van der Waals surface area (Å²) in [4.78, 5) is 12.6. The molecule has 0 saturated carbocycles. The third-order valence-corrected chi connectivity index (χ3v) is 3.55. The lowest BCUT2D eigenvalue weighted by Crippen LogP contribution is -2.30. The Labute approximate surface area is 113 Å². The highest BCUT2D eigenvalue weighted by atomic mass is 16.3. The number of nitriles is 2. The molecule has 1 aromatic heterocycles. The molecule has 19 heavy (non-hydrogen) atoms. The Hall–Kier alpha value is -2.07. The van der Waals surface area contributed by atoms with E-state index in [1.54, 1.807) is 19.1 Å². The lowest BCUT2D eigenvalue weighted by molar-refractivity contribution is 0.0720. The number of aryl methyl sites for hydroxylation is 1. The SMILES string of the molecule is CCC(CCC#N)(CCC#N)C(=O)c1ccc(C)o1. The number of hydrogen-bond acceptors (Lipinski definition) is 4. The first kappa shape index (κ1) is 15.0. The molecular weight excluding hydrogens is 240 g/mol. The zero-order chi connectivity index (χ0) is 14.3. The first-order valence-electron chi connectivity index (χ1n) is 6.45. The third kappa shape index (κ3) is 3.45. The van der Waals surface area contributed by atoms with Gasteiger partial charge in [0.25, 0.3) is 0 Å². The highest BCUT2D eigenvalue weighted by Crippen LogP contribution is 2.37. The van der Waals surface area contributed by atoms with E-state index in [9.17, 15) is 4.79 Å². The predicted octanol–water partition coefficient (Wildman–Crippen LogP) is 3.77. The van der Waals surface area contributed by atoms with E-state index >= 15 is 0 Å². The highest BCUT2D eigenvalue weighted by molar-refractivity contribution is 5.98. The van der Waals surface area contributed by atoms with Crippen LogP contribution >= 0.6 is 0 Å². The molecule has 0 aliphatic rings. The van der Waals surface area contributed by atoms with E-state index in [0.717, 1.165) is 0 Å². The fourth-order valence-electron chi connectivity index (χ4n) is 2.27. The zero-order valence-corrected chi connectivity index (χ0v) is 11.4. The normalized spacial score (nSPS) is 10.7. The molecule has 0 unspecified atom stereocenters. The van der Waals surface area contributed by atoms with Crippen LogP contribution in [0, 0.1) is 35.0 Å². The van der Waals surface area contributed by atoms with Gasteiger partial charge in [-0.05, 0) is 38.3 Å². The first-order valence-corrected chi connectivity index (χ1v) is 6.45. The van der Waals surface area contributed by atoms with Gasteiger partial charge in [-0.1, -0.05) is 6.92 Å². The minimum absolute atomic E-state index is 0.0893. The van der Waals surface area contributed by atoms with Crippen LogP contribution in [-0.4, -0.2) is 5.78 Å². The second kappa shape index (κ2) is 6.75. The molecule has 0 atom stereocenters. The molecule has 0 bridgehead atoms. The summed E-state index contributed by atoms with van der Waals surface area (Å²) in [5.74, 6) is 0.928. The summed E-state index contributed by atoms with van der Waals surface area (Å²) in [5, 5.41) is 17.5. The van der Waals surface area contributed by atoms with Crippen molar-refractivity contribution in [1.29, 1.82) is 10.5 Å². The second-order valence-corrected chi connectivity index (χ2v) is 4.69. The molecule has 1 aromatic rings. The minimum Gasteiger partial charge on any atom is -0.458 e. The predicted molar refractivity (Wildman–Crippen MR) is 70.2 cm³/mol. The van der Waals surface area contributed by atoms with Gasteiger partial charge in [-0.3, -0.25) is 4.79 Å². The van der Waals surface area contributed by atoms with E-state index < -0.39 is 5.41 Å². The largest absolute Gasteiger partial charge is 0.458 e. The number of hydrogen-bond donors (Lipinski definition) is 0. The molecule has 0 aliphatic heterocycles. The highest BCUT2D eigenvalue weighted by Gasteiger charge is 2.37. The van der Waals surface area contributed by atoms with Crippen LogP contribution in [0.5, 0.6) is 0 Å². The molecular formula is C15H18N2O2. The van der Waals surface area contributed by atoms with Crippen molar-refractivity contribution in [2.75, 3.05) is 0 Å². The van der Waals surface area contributed by atoms with Crippen LogP contribution in [0.2, 0.25) is 0 Å². The number of carbonyl (C=O) groups excluding carboxylic acids is 1. The van der Waals surface area contributed by atoms with E-state index in [4.69, 9.17) is 14.9 Å². The molecule has 0 radical (unpaired) electrons. The maximum absolute atomic E-state index is 12.6. The van der Waals surface area contributed by atoms with Crippen molar-refractivity contribution >= 4 is 5.78 Å². The molecule has 100 valence electrons. The third-order valence-electron chi connectivity index (χ3n) is 3.55. The Bertz CT molecular complexity index is 499. The van der Waals surface area contributed by atoms with Crippen molar-refractivity contribution in [3.63, 3.8) is 0 Å². The fourth-order valence-corrected chi connectivity index (χ4v) is 2.27. The summed E-state index contributed by atoms with van der Waals surface area (Å²) < 4.78 is 5.40. The maximum Gasteiger partial charge on any atom is 0.204 e. The zero-order valence-electron chi connectivity index (χ0n) is 11.4. The smallest absolute Gasteiger partial charge is 0.204 e. The second-order valence-electron chi connectivity index (χ2n) is 4.69. The quantitative estimate of drug-likeness (QED) is 0.697. The van der Waals surface area contributed by atoms with Gasteiger partial charge >= 0.3 is 0 Å². The summed E-state index contributed by atoms with van der Waals surface area (Å²) >= 11 is 0. The van der Waals surface area contributed by atoms with Crippen LogP contribution in [0.4, 0.5) is 0 Å². The Kier molecular flexibility index (Phi) is 5.33. The molecule has 4 heteroatoms. The van der Waals surface area contributed by atoms with Crippen molar-refractivity contribution < 1.29 is 9.21 Å². The van der Waals surface area contributed by atoms with Crippen LogP contribution in [0.25, 0.3) is 0 Å². The lowest BCUT2D eigenvalue weighted by atomic mass is 9.72. The first-order chi connectivity index (χ1) is 9.09. The number of carbonyl (C=O) groups is 1. The Morgan fingerprint density at radius 3 is 2.21 bits per heavy atom. The molecule has 0 saturated heterocycles. The monoisotopic (exact) mass is 258 g/mol. The Morgan fingerprint density at radius 1 is 1.26 bits per heavy atom. The molecule has 0 aliphatic carbocycles. The van der Waals surface area contributed by atoms with Gasteiger partial charge in [-0.2, -0.15) is 10.5 Å². The molecule has 0 amide bonds. The summed E-state index contributed by atoms with van der Waals surface area (Å²) in [6.07, 6.45) is 2.17. The Morgan fingerprint density at radius 2 is 1.84 bits per heavy atom. The summed E-state index contributed by atoms with van der Waals surface area (Å²) in [6.45, 7) is 3.71. The Balaban J connectivity index is 3.03. The molecule has 0 aromatic carbocycles. The van der Waals surface area contributed by atoms with Crippen molar-refractivity contribution in [2.45, 2.75) is 46.0 Å². The lowest BCUT2D eigenvalue weighted by Gasteiger charge is -2.28. The summed E-state index contributed by atoms with van der Waals surface area (Å²) in [5.41, 5.74) is -0.657. The average Bonchev–Trinajstić information content (AvgIpc) is 2.85. The molecule has 4 nitrogen and oxygen atoms in total. The summed E-state index contributed by atoms with van der Waals surface area (Å²) in [7, 11) is 0. The van der Waals surface area contributed by atoms with Crippen LogP contribution in [0.15, 0.2) is 16.5 Å². The van der Waals surface area contributed by atoms with Gasteiger partial charge in [-0.25, -0.2) is 0 Å². The van der Waals surface area contributed by atoms with Crippen molar-refractivity contribution in [3.8, 4) is 12.1 Å². The van der Waals surface area contributed by atoms with E-state index in [-0.39, 0.29) is 5.78 Å². The molecule has 1 heterocycles. The van der Waals surface area contributed by atoms with E-state index in [0.29, 0.717) is 43.6 Å². The topological polar surface area (TPSA) is 77.8 Å². The number of ketones is 1. The van der Waals surface area contributed by atoms with Crippen molar-refractivity contribution in [3.05, 3.63) is 23.7 Å². The van der Waals surface area contributed by atoms with Crippen LogP contribution < -0.4 is 0 Å². The standard InChI is InChI=1S/C15H18N2O2/c1-3-15(8-4-10-16,9-5-11-17)14(18)13-7-6-12(2)19-13/h6-7H,3-5,8-9H2,1-2H3. The molecule has 0 spiro atoms. The molecule has 0 N–H and O–H groups in total. The van der Waals surface area contributed by atoms with E-state index in [1.807, 2.05) is 6.92 Å². The number of furan rings is 1. The van der Waals surface area contributed by atoms with Crippen LogP contribution in [-0.2, 0) is 0 Å². The fraction of sp³-hybridized carbons (Fsp3) is 0.533. The number of rotatable bonds is 7. The van der Waals surface area contributed by atoms with Gasteiger partial charge in [-0.15, -0.1) is 0 Å². The average molecular weight is 258 g/mol. The van der Waals surface area contributed by atoms with E-state index in [1.165, 1.54) is 0 Å². The minimum atomic E-state index is -0.657. The van der Waals surface area contributed by atoms with Gasteiger partial charge in [0, 0.05) is 18.3 Å². The van der Waals surface area contributed by atoms with Gasteiger partial charge in [0.2, 0.25) is 5.78 Å². The van der Waals surface area contributed by atoms with Crippen LogP contribution in [0.3, 0.4) is 0 Å². The number of nitrogens with zero attached hydrogens (tertiary/aromatic N) is 2. The van der Waals surface area contributed by atoms with Crippen molar-refractivity contribution in [2.24, 2.45) is 5.41 Å². The van der Waals surface area contributed by atoms with Gasteiger partial charge in [0.05, 0.1) is 12.1 Å². The molecule has 0 fully saturated rings. The van der Waals surface area contributed by atoms with Crippen molar-refractivity contribution in [1.82, 2.24) is 0 Å². The number of Topliss-reactive ketones (excluding diaryl/α,β-unsaturated/α-hetero) is 1. The van der Waals surface area contributed by atoms with Gasteiger partial charge in [0.15, 0.2) is 5.76 Å². The maximum atomic E-state index is 12.6. The molecule has 1 rings (SSSR count). The van der Waals surface area contributed by atoms with Gasteiger partial charge in [0.1, 0.15) is 5.76 Å². The van der Waals surface area contributed by atoms with Crippen LogP contribution in [0.1, 0.15) is 55.3 Å². The van der Waals surface area contributed by atoms with E-state index in [2.05, 4.69) is 12.1 Å². The summed E-state index contributed by atoms with van der Waals surface area (Å²) in [6, 6.07) is 7.58.